The lowest BCUT2D eigenvalue weighted by atomic mass is 9.99. The van der Waals surface area contributed by atoms with Crippen LogP contribution in [0, 0.1) is 6.92 Å². The van der Waals surface area contributed by atoms with Gasteiger partial charge in [-0.3, -0.25) is 9.59 Å². The van der Waals surface area contributed by atoms with Gasteiger partial charge in [-0.25, -0.2) is 0 Å². The van der Waals surface area contributed by atoms with E-state index in [9.17, 15) is 9.59 Å². The largest absolute Gasteiger partial charge is 0.496 e. The van der Waals surface area contributed by atoms with Crippen molar-refractivity contribution in [2.24, 2.45) is 0 Å². The second-order valence-electron chi connectivity index (χ2n) is 5.02. The van der Waals surface area contributed by atoms with Crippen molar-refractivity contribution in [3.05, 3.63) is 58.7 Å². The van der Waals surface area contributed by atoms with E-state index in [1.165, 1.54) is 14.0 Å². The van der Waals surface area contributed by atoms with Crippen molar-refractivity contribution in [1.29, 1.82) is 0 Å². The number of methoxy groups -OCH3 is 1. The van der Waals surface area contributed by atoms with Crippen LogP contribution in [0.2, 0.25) is 0 Å². The molecule has 0 spiro atoms. The SMILES string of the molecule is COc1ccc(C(=O)c2ccc(CBr)cc2)c(OC(C)=O)c1C. The molecule has 0 amide bonds. The molecule has 0 heterocycles. The minimum atomic E-state index is -0.481. The third-order valence-corrected chi connectivity index (χ3v) is 4.08. The molecule has 2 aromatic carbocycles. The van der Waals surface area contributed by atoms with Gasteiger partial charge in [0.25, 0.3) is 0 Å². The van der Waals surface area contributed by atoms with Crippen LogP contribution in [0.25, 0.3) is 0 Å². The first-order chi connectivity index (χ1) is 11.0. The fourth-order valence-corrected chi connectivity index (χ4v) is 2.62. The summed E-state index contributed by atoms with van der Waals surface area (Å²) in [6.07, 6.45) is 0. The number of ether oxygens (including phenoxy) is 2. The maximum atomic E-state index is 12.8. The van der Waals surface area contributed by atoms with Crippen LogP contribution in [0.5, 0.6) is 11.5 Å². The quantitative estimate of drug-likeness (QED) is 0.341. The van der Waals surface area contributed by atoms with Crippen LogP contribution >= 0.6 is 15.9 Å². The number of ketones is 1. The molecule has 23 heavy (non-hydrogen) atoms. The zero-order chi connectivity index (χ0) is 17.0. The molecule has 0 aliphatic carbocycles. The second kappa shape index (κ2) is 7.42. The molecular weight excluding hydrogens is 360 g/mol. The monoisotopic (exact) mass is 376 g/mol. The molecule has 0 radical (unpaired) electrons. The highest BCUT2D eigenvalue weighted by atomic mass is 79.9. The molecule has 0 N–H and O–H groups in total. The molecule has 0 aliphatic rings. The molecule has 0 saturated carbocycles. The third kappa shape index (κ3) is 3.79. The van der Waals surface area contributed by atoms with Crippen molar-refractivity contribution in [3.8, 4) is 11.5 Å². The maximum Gasteiger partial charge on any atom is 0.308 e. The molecule has 120 valence electrons. The molecule has 2 aromatic rings. The number of hydrogen-bond acceptors (Lipinski definition) is 4. The Morgan fingerprint density at radius 2 is 1.74 bits per heavy atom. The summed E-state index contributed by atoms with van der Waals surface area (Å²) in [7, 11) is 1.53. The van der Waals surface area contributed by atoms with Crippen LogP contribution in [0.15, 0.2) is 36.4 Å². The second-order valence-corrected chi connectivity index (χ2v) is 5.58. The Hall–Kier alpha value is -2.14. The molecule has 2 rings (SSSR count). The first kappa shape index (κ1) is 17.2. The Morgan fingerprint density at radius 1 is 1.09 bits per heavy atom. The number of rotatable bonds is 5. The van der Waals surface area contributed by atoms with Gasteiger partial charge in [0.2, 0.25) is 0 Å². The van der Waals surface area contributed by atoms with Gasteiger partial charge in [-0.1, -0.05) is 40.2 Å². The van der Waals surface area contributed by atoms with E-state index in [2.05, 4.69) is 15.9 Å². The van der Waals surface area contributed by atoms with Crippen LogP contribution < -0.4 is 9.47 Å². The molecule has 4 nitrogen and oxygen atoms in total. The molecule has 0 aromatic heterocycles. The van der Waals surface area contributed by atoms with Crippen molar-refractivity contribution in [2.45, 2.75) is 19.2 Å². The lowest BCUT2D eigenvalue weighted by molar-refractivity contribution is -0.131. The van der Waals surface area contributed by atoms with Crippen molar-refractivity contribution in [3.63, 3.8) is 0 Å². The zero-order valence-corrected chi connectivity index (χ0v) is 14.8. The molecule has 0 bridgehead atoms. The highest BCUT2D eigenvalue weighted by Crippen LogP contribution is 2.33. The summed E-state index contributed by atoms with van der Waals surface area (Å²) in [5.74, 6) is 0.122. The summed E-state index contributed by atoms with van der Waals surface area (Å²) >= 11 is 3.37. The van der Waals surface area contributed by atoms with Crippen LogP contribution in [-0.2, 0) is 10.1 Å². The van der Waals surface area contributed by atoms with Gasteiger partial charge in [-0.2, -0.15) is 0 Å². The Labute approximate surface area is 143 Å². The van der Waals surface area contributed by atoms with Crippen molar-refractivity contribution in [2.75, 3.05) is 7.11 Å². The average molecular weight is 377 g/mol. The average Bonchev–Trinajstić information content (AvgIpc) is 2.55. The van der Waals surface area contributed by atoms with Crippen molar-refractivity contribution in [1.82, 2.24) is 0 Å². The molecule has 0 fully saturated rings. The van der Waals surface area contributed by atoms with Crippen LogP contribution in [-0.4, -0.2) is 18.9 Å². The fourth-order valence-electron chi connectivity index (χ4n) is 2.25. The topological polar surface area (TPSA) is 52.6 Å². The number of hydrogen-bond donors (Lipinski definition) is 0. The fraction of sp³-hybridized carbons (Fsp3) is 0.222. The van der Waals surface area contributed by atoms with Gasteiger partial charge < -0.3 is 9.47 Å². The number of carbonyl (C=O) groups excluding carboxylic acids is 2. The van der Waals surface area contributed by atoms with Crippen LogP contribution in [0.1, 0.15) is 34.0 Å². The summed E-state index contributed by atoms with van der Waals surface area (Å²) in [5.41, 5.74) is 2.57. The molecular formula is C18H17BrO4. The third-order valence-electron chi connectivity index (χ3n) is 3.44. The van der Waals surface area contributed by atoms with Gasteiger partial charge in [0.1, 0.15) is 11.5 Å². The molecule has 0 aliphatic heterocycles. The predicted molar refractivity (Wildman–Crippen MR) is 91.5 cm³/mol. The standard InChI is InChI=1S/C18H17BrO4/c1-11-16(22-3)9-8-15(18(11)23-12(2)20)17(21)14-6-4-13(10-19)5-7-14/h4-9H,10H2,1-3H3. The lowest BCUT2D eigenvalue weighted by Gasteiger charge is -2.14. The minimum absolute atomic E-state index is 0.201. The highest BCUT2D eigenvalue weighted by Gasteiger charge is 2.20. The van der Waals surface area contributed by atoms with E-state index in [4.69, 9.17) is 9.47 Å². The number of carbonyl (C=O) groups is 2. The smallest absolute Gasteiger partial charge is 0.308 e. The Bertz CT molecular complexity index is 735. The number of halogens is 1. The molecule has 0 saturated heterocycles. The van der Waals surface area contributed by atoms with E-state index in [1.807, 2.05) is 12.1 Å². The van der Waals surface area contributed by atoms with Gasteiger partial charge in [-0.15, -0.1) is 0 Å². The predicted octanol–water partition coefficient (Wildman–Crippen LogP) is 4.05. The van der Waals surface area contributed by atoms with Crippen LogP contribution in [0.4, 0.5) is 0 Å². The van der Waals surface area contributed by atoms with E-state index in [0.717, 1.165) is 10.9 Å². The summed E-state index contributed by atoms with van der Waals surface area (Å²) < 4.78 is 10.5. The number of benzene rings is 2. The van der Waals surface area contributed by atoms with Gasteiger partial charge in [-0.05, 0) is 24.6 Å². The van der Waals surface area contributed by atoms with E-state index in [1.54, 1.807) is 31.2 Å². The van der Waals surface area contributed by atoms with Gasteiger partial charge in [0.05, 0.1) is 12.7 Å². The molecule has 5 heteroatoms. The zero-order valence-electron chi connectivity index (χ0n) is 13.2. The molecule has 0 atom stereocenters. The first-order valence-corrected chi connectivity index (χ1v) is 8.15. The van der Waals surface area contributed by atoms with Crippen molar-refractivity contribution >= 4 is 27.7 Å². The van der Waals surface area contributed by atoms with Crippen molar-refractivity contribution < 1.29 is 19.1 Å². The van der Waals surface area contributed by atoms with E-state index in [-0.39, 0.29) is 11.5 Å². The van der Waals surface area contributed by atoms with Gasteiger partial charge >= 0.3 is 5.97 Å². The number of esters is 1. The summed E-state index contributed by atoms with van der Waals surface area (Å²) in [6, 6.07) is 10.6. The normalized spacial score (nSPS) is 10.3. The minimum Gasteiger partial charge on any atom is -0.496 e. The van der Waals surface area contributed by atoms with Crippen LogP contribution in [0.3, 0.4) is 0 Å². The maximum absolute atomic E-state index is 12.8. The summed E-state index contributed by atoms with van der Waals surface area (Å²) in [5, 5.41) is 0.724. The van der Waals surface area contributed by atoms with E-state index < -0.39 is 5.97 Å². The Morgan fingerprint density at radius 3 is 2.26 bits per heavy atom. The lowest BCUT2D eigenvalue weighted by Crippen LogP contribution is -2.10. The van der Waals surface area contributed by atoms with Gasteiger partial charge in [0, 0.05) is 23.4 Å². The Balaban J connectivity index is 2.49. The number of alkyl halides is 1. The summed E-state index contributed by atoms with van der Waals surface area (Å²) in [6.45, 7) is 3.06. The highest BCUT2D eigenvalue weighted by molar-refractivity contribution is 9.08. The Kier molecular flexibility index (Phi) is 5.55. The van der Waals surface area contributed by atoms with Gasteiger partial charge in [0.15, 0.2) is 5.78 Å². The first-order valence-electron chi connectivity index (χ1n) is 7.03. The van der Waals surface area contributed by atoms with E-state index in [0.29, 0.717) is 22.4 Å². The molecule has 0 unspecified atom stereocenters. The van der Waals surface area contributed by atoms with E-state index >= 15 is 0 Å². The summed E-state index contributed by atoms with van der Waals surface area (Å²) in [4.78, 5) is 24.1.